The molecule has 5 nitrogen and oxygen atoms in total. The third kappa shape index (κ3) is 5.58. The van der Waals surface area contributed by atoms with E-state index in [2.05, 4.69) is 20.9 Å². The van der Waals surface area contributed by atoms with Gasteiger partial charge in [-0.1, -0.05) is 29.3 Å². The molecule has 0 fully saturated rings. The molecule has 2 amide bonds. The molecule has 0 spiro atoms. The Hall–Kier alpha value is -2.05. The molecule has 0 saturated carbocycles. The zero-order chi connectivity index (χ0) is 16.7. The Morgan fingerprint density at radius 3 is 2.61 bits per heavy atom. The molecule has 2 aromatic rings. The molecule has 0 aliphatic carbocycles. The molecule has 0 bridgehead atoms. The number of nitrogens with zero attached hydrogens (tertiary/aromatic N) is 1. The second-order valence-corrected chi connectivity index (χ2v) is 5.46. The molecule has 23 heavy (non-hydrogen) atoms. The van der Waals surface area contributed by atoms with Crippen LogP contribution in [0.4, 0.5) is 20.6 Å². The Bertz CT molecular complexity index is 664. The number of aromatic nitrogens is 1. The molecule has 0 unspecified atom stereocenters. The summed E-state index contributed by atoms with van der Waals surface area (Å²) >= 11 is 12.0. The molecule has 0 radical (unpaired) electrons. The number of urea groups is 1. The quantitative estimate of drug-likeness (QED) is 0.681. The van der Waals surface area contributed by atoms with Crippen LogP contribution >= 0.6 is 23.2 Å². The van der Waals surface area contributed by atoms with Crippen LogP contribution in [0.1, 0.15) is 6.42 Å². The van der Waals surface area contributed by atoms with Gasteiger partial charge in [-0.25, -0.2) is 9.18 Å². The zero-order valence-electron chi connectivity index (χ0n) is 12.1. The molecular formula is C15H15Cl2FN4O. The maximum absolute atomic E-state index is 13.0. The Kier molecular flexibility index (Phi) is 6.43. The van der Waals surface area contributed by atoms with Gasteiger partial charge in [-0.2, -0.15) is 0 Å². The van der Waals surface area contributed by atoms with Crippen molar-refractivity contribution in [3.8, 4) is 0 Å². The molecule has 0 aliphatic heterocycles. The van der Waals surface area contributed by atoms with E-state index in [9.17, 15) is 9.18 Å². The number of rotatable bonds is 6. The molecule has 2 rings (SSSR count). The average Bonchev–Trinajstić information content (AvgIpc) is 2.49. The van der Waals surface area contributed by atoms with Crippen molar-refractivity contribution < 1.29 is 9.18 Å². The lowest BCUT2D eigenvalue weighted by Gasteiger charge is -2.10. The van der Waals surface area contributed by atoms with E-state index in [1.807, 2.05) is 0 Å². The van der Waals surface area contributed by atoms with Crippen LogP contribution in [-0.2, 0) is 0 Å². The monoisotopic (exact) mass is 356 g/mol. The minimum absolute atomic E-state index is 0.393. The number of amides is 2. The highest BCUT2D eigenvalue weighted by atomic mass is 35.5. The summed E-state index contributed by atoms with van der Waals surface area (Å²) in [6.07, 6.45) is 3.66. The maximum atomic E-state index is 13.0. The van der Waals surface area contributed by atoms with Crippen LogP contribution < -0.4 is 16.0 Å². The second-order valence-electron chi connectivity index (χ2n) is 4.65. The third-order valence-corrected chi connectivity index (χ3v) is 3.45. The number of nitrogens with one attached hydrogen (secondary N) is 3. The number of anilines is 2. The Morgan fingerprint density at radius 2 is 1.91 bits per heavy atom. The van der Waals surface area contributed by atoms with Crippen molar-refractivity contribution in [1.29, 1.82) is 0 Å². The van der Waals surface area contributed by atoms with Gasteiger partial charge in [-0.3, -0.25) is 4.98 Å². The Labute approximate surface area is 143 Å². The third-order valence-electron chi connectivity index (χ3n) is 2.88. The second kappa shape index (κ2) is 8.55. The summed E-state index contributed by atoms with van der Waals surface area (Å²) in [6.45, 7) is 1.01. The molecule has 8 heteroatoms. The molecule has 1 aromatic heterocycles. The van der Waals surface area contributed by atoms with Crippen LogP contribution in [-0.4, -0.2) is 24.1 Å². The first-order valence-corrected chi connectivity index (χ1v) is 7.65. The summed E-state index contributed by atoms with van der Waals surface area (Å²) in [5.41, 5.74) is 1.02. The minimum atomic E-state index is -0.405. The molecule has 3 N–H and O–H groups in total. The Morgan fingerprint density at radius 1 is 1.17 bits per heavy atom. The smallest absolute Gasteiger partial charge is 0.319 e. The van der Waals surface area contributed by atoms with Crippen LogP contribution in [0.15, 0.2) is 36.7 Å². The fourth-order valence-corrected chi connectivity index (χ4v) is 2.32. The van der Waals surface area contributed by atoms with E-state index in [0.29, 0.717) is 40.9 Å². The Balaban J connectivity index is 1.68. The van der Waals surface area contributed by atoms with E-state index in [0.717, 1.165) is 0 Å². The summed E-state index contributed by atoms with van der Waals surface area (Å²) in [5, 5.41) is 9.19. The van der Waals surface area contributed by atoms with Gasteiger partial charge in [0.2, 0.25) is 0 Å². The molecule has 1 heterocycles. The highest BCUT2D eigenvalue weighted by molar-refractivity contribution is 6.38. The van der Waals surface area contributed by atoms with Gasteiger partial charge in [0.25, 0.3) is 0 Å². The van der Waals surface area contributed by atoms with Crippen LogP contribution in [0.25, 0.3) is 0 Å². The van der Waals surface area contributed by atoms with Gasteiger partial charge >= 0.3 is 6.03 Å². The summed E-state index contributed by atoms with van der Waals surface area (Å²) in [7, 11) is 0. The number of hydrogen-bond donors (Lipinski definition) is 3. The standard InChI is InChI=1S/C15H15Cl2FN4O/c16-12-8-19-9-13(17)14(12)20-5-2-6-21-15(23)22-11-4-1-3-10(18)7-11/h1,3-4,7-9H,2,5-6H2,(H,19,20)(H2,21,22,23). The van der Waals surface area contributed by atoms with E-state index in [1.54, 1.807) is 6.07 Å². The van der Waals surface area contributed by atoms with Gasteiger partial charge < -0.3 is 16.0 Å². The average molecular weight is 357 g/mol. The van der Waals surface area contributed by atoms with E-state index < -0.39 is 11.8 Å². The van der Waals surface area contributed by atoms with Crippen molar-refractivity contribution in [1.82, 2.24) is 10.3 Å². The fourth-order valence-electron chi connectivity index (χ4n) is 1.83. The number of pyridine rings is 1. The molecule has 1 aromatic carbocycles. The summed E-state index contributed by atoms with van der Waals surface area (Å²) in [4.78, 5) is 15.5. The maximum Gasteiger partial charge on any atom is 0.319 e. The number of carbonyl (C=O) groups excluding carboxylic acids is 1. The SMILES string of the molecule is O=C(NCCCNc1c(Cl)cncc1Cl)Nc1cccc(F)c1. The lowest BCUT2D eigenvalue weighted by atomic mass is 10.3. The molecule has 122 valence electrons. The highest BCUT2D eigenvalue weighted by Gasteiger charge is 2.05. The molecule has 0 aliphatic rings. The first kappa shape index (κ1) is 17.3. The van der Waals surface area contributed by atoms with E-state index >= 15 is 0 Å². The first-order valence-electron chi connectivity index (χ1n) is 6.89. The molecular weight excluding hydrogens is 342 g/mol. The van der Waals surface area contributed by atoms with Crippen LogP contribution in [0.5, 0.6) is 0 Å². The number of carbonyl (C=O) groups is 1. The topological polar surface area (TPSA) is 66.0 Å². The van der Waals surface area contributed by atoms with Crippen LogP contribution in [0.2, 0.25) is 10.0 Å². The van der Waals surface area contributed by atoms with Gasteiger partial charge in [-0.05, 0) is 24.6 Å². The number of hydrogen-bond acceptors (Lipinski definition) is 3. The highest BCUT2D eigenvalue weighted by Crippen LogP contribution is 2.28. The van der Waals surface area contributed by atoms with Crippen molar-refractivity contribution in [2.24, 2.45) is 0 Å². The first-order chi connectivity index (χ1) is 11.1. The predicted molar refractivity (Wildman–Crippen MR) is 90.8 cm³/mol. The number of halogens is 3. The van der Waals surface area contributed by atoms with Gasteiger partial charge in [0.05, 0.1) is 15.7 Å². The van der Waals surface area contributed by atoms with Crippen LogP contribution in [0.3, 0.4) is 0 Å². The van der Waals surface area contributed by atoms with E-state index in [4.69, 9.17) is 23.2 Å². The van der Waals surface area contributed by atoms with E-state index in [1.165, 1.54) is 30.6 Å². The molecule has 0 saturated heterocycles. The van der Waals surface area contributed by atoms with Gasteiger partial charge in [0, 0.05) is 31.2 Å². The summed E-state index contributed by atoms with van der Waals surface area (Å²) in [5.74, 6) is -0.405. The lowest BCUT2D eigenvalue weighted by molar-refractivity contribution is 0.252. The van der Waals surface area contributed by atoms with Crippen molar-refractivity contribution in [2.75, 3.05) is 23.7 Å². The van der Waals surface area contributed by atoms with Crippen molar-refractivity contribution in [3.05, 3.63) is 52.5 Å². The molecule has 0 atom stereocenters. The fraction of sp³-hybridized carbons (Fsp3) is 0.200. The minimum Gasteiger partial charge on any atom is -0.382 e. The normalized spacial score (nSPS) is 10.2. The summed E-state index contributed by atoms with van der Waals surface area (Å²) < 4.78 is 13.0. The van der Waals surface area contributed by atoms with Gasteiger partial charge in [-0.15, -0.1) is 0 Å². The van der Waals surface area contributed by atoms with Crippen LogP contribution in [0, 0.1) is 5.82 Å². The predicted octanol–water partition coefficient (Wildman–Crippen LogP) is 4.15. The van der Waals surface area contributed by atoms with E-state index in [-0.39, 0.29) is 0 Å². The van der Waals surface area contributed by atoms with Crippen molar-refractivity contribution in [3.63, 3.8) is 0 Å². The van der Waals surface area contributed by atoms with Crippen molar-refractivity contribution >= 4 is 40.6 Å². The van der Waals surface area contributed by atoms with Gasteiger partial charge in [0.15, 0.2) is 0 Å². The van der Waals surface area contributed by atoms with Gasteiger partial charge in [0.1, 0.15) is 5.82 Å². The lowest BCUT2D eigenvalue weighted by Crippen LogP contribution is -2.30. The summed E-state index contributed by atoms with van der Waals surface area (Å²) in [6, 6.07) is 5.29. The zero-order valence-corrected chi connectivity index (χ0v) is 13.6. The number of benzene rings is 1. The largest absolute Gasteiger partial charge is 0.382 e. The van der Waals surface area contributed by atoms with Crippen molar-refractivity contribution in [2.45, 2.75) is 6.42 Å².